The number of nitrogens with one attached hydrogen (secondary N) is 2. The molecule has 5 heteroatoms. The molecule has 2 amide bonds. The number of aryl methyl sites for hydroxylation is 1. The lowest BCUT2D eigenvalue weighted by atomic mass is 10.3. The molecule has 0 aliphatic rings. The summed E-state index contributed by atoms with van der Waals surface area (Å²) in [6, 6.07) is 10.7. The maximum Gasteiger partial charge on any atom is 0.323 e. The number of carbonyl (C=O) groups is 1. The van der Waals surface area contributed by atoms with Crippen LogP contribution >= 0.6 is 0 Å². The second-order valence-corrected chi connectivity index (χ2v) is 4.99. The molecule has 0 unspecified atom stereocenters. The lowest BCUT2D eigenvalue weighted by Crippen LogP contribution is -2.19. The van der Waals surface area contributed by atoms with Crippen molar-refractivity contribution in [2.75, 3.05) is 17.2 Å². The van der Waals surface area contributed by atoms with E-state index in [1.165, 1.54) is 0 Å². The minimum atomic E-state index is -0.301. The van der Waals surface area contributed by atoms with Crippen LogP contribution in [0.1, 0.15) is 25.5 Å². The number of benzene rings is 1. The Morgan fingerprint density at radius 2 is 1.77 bits per heavy atom. The molecule has 0 atom stereocenters. The van der Waals surface area contributed by atoms with E-state index in [1.54, 1.807) is 6.20 Å². The van der Waals surface area contributed by atoms with E-state index in [1.807, 2.05) is 43.3 Å². The normalized spacial score (nSPS) is 10.1. The van der Waals surface area contributed by atoms with Crippen molar-refractivity contribution in [3.8, 4) is 5.75 Å². The Bertz CT molecular complexity index is 594. The number of anilines is 2. The summed E-state index contributed by atoms with van der Waals surface area (Å²) in [6.45, 7) is 4.73. The van der Waals surface area contributed by atoms with Gasteiger partial charge in [-0.25, -0.2) is 4.79 Å². The molecule has 1 heterocycles. The highest BCUT2D eigenvalue weighted by Crippen LogP contribution is 2.16. The van der Waals surface area contributed by atoms with E-state index in [2.05, 4.69) is 22.5 Å². The van der Waals surface area contributed by atoms with Crippen LogP contribution in [0.2, 0.25) is 0 Å². The van der Waals surface area contributed by atoms with Gasteiger partial charge < -0.3 is 15.4 Å². The number of rotatable bonds is 6. The number of urea groups is 1. The highest BCUT2D eigenvalue weighted by atomic mass is 16.5. The molecule has 0 aliphatic carbocycles. The van der Waals surface area contributed by atoms with Gasteiger partial charge in [0.2, 0.25) is 0 Å². The molecule has 5 nitrogen and oxygen atoms in total. The molecule has 0 bridgehead atoms. The first-order valence-corrected chi connectivity index (χ1v) is 7.41. The van der Waals surface area contributed by atoms with Crippen LogP contribution in [0.15, 0.2) is 42.6 Å². The van der Waals surface area contributed by atoms with Crippen LogP contribution in [-0.2, 0) is 0 Å². The van der Waals surface area contributed by atoms with E-state index in [0.29, 0.717) is 18.0 Å². The number of nitrogens with zero attached hydrogens (tertiary/aromatic N) is 1. The summed E-state index contributed by atoms with van der Waals surface area (Å²) < 4.78 is 5.58. The predicted molar refractivity (Wildman–Crippen MR) is 88.5 cm³/mol. The number of pyridine rings is 1. The summed E-state index contributed by atoms with van der Waals surface area (Å²) in [7, 11) is 0. The largest absolute Gasteiger partial charge is 0.494 e. The second-order valence-electron chi connectivity index (χ2n) is 4.99. The van der Waals surface area contributed by atoms with Crippen molar-refractivity contribution in [1.82, 2.24) is 4.98 Å². The number of carbonyl (C=O) groups excluding carboxylic acids is 1. The van der Waals surface area contributed by atoms with Gasteiger partial charge in [-0.2, -0.15) is 0 Å². The van der Waals surface area contributed by atoms with Crippen molar-refractivity contribution < 1.29 is 9.53 Å². The molecule has 0 spiro atoms. The molecule has 0 saturated heterocycles. The van der Waals surface area contributed by atoms with Gasteiger partial charge in [0.1, 0.15) is 5.75 Å². The van der Waals surface area contributed by atoms with Gasteiger partial charge in [-0.05, 0) is 49.7 Å². The van der Waals surface area contributed by atoms with Gasteiger partial charge in [-0.3, -0.25) is 4.98 Å². The molecule has 22 heavy (non-hydrogen) atoms. The van der Waals surface area contributed by atoms with E-state index in [9.17, 15) is 4.79 Å². The fourth-order valence-corrected chi connectivity index (χ4v) is 1.80. The van der Waals surface area contributed by atoms with Crippen molar-refractivity contribution in [2.45, 2.75) is 26.7 Å². The number of unbranched alkanes of at least 4 members (excludes halogenated alkanes) is 1. The van der Waals surface area contributed by atoms with Gasteiger partial charge in [-0.15, -0.1) is 0 Å². The average molecular weight is 299 g/mol. The van der Waals surface area contributed by atoms with Gasteiger partial charge in [0, 0.05) is 11.4 Å². The van der Waals surface area contributed by atoms with Gasteiger partial charge in [0.15, 0.2) is 0 Å². The molecule has 0 fully saturated rings. The summed E-state index contributed by atoms with van der Waals surface area (Å²) >= 11 is 0. The van der Waals surface area contributed by atoms with Gasteiger partial charge in [0.05, 0.1) is 18.5 Å². The third-order valence-electron chi connectivity index (χ3n) is 3.05. The fraction of sp³-hybridized carbons (Fsp3) is 0.294. The zero-order valence-electron chi connectivity index (χ0n) is 12.9. The van der Waals surface area contributed by atoms with Crippen LogP contribution in [-0.4, -0.2) is 17.6 Å². The van der Waals surface area contributed by atoms with E-state index in [0.717, 1.165) is 24.3 Å². The fourth-order valence-electron chi connectivity index (χ4n) is 1.80. The summed E-state index contributed by atoms with van der Waals surface area (Å²) in [5, 5.41) is 5.50. The molecule has 1 aromatic heterocycles. The summed E-state index contributed by atoms with van der Waals surface area (Å²) in [5.74, 6) is 0.808. The topological polar surface area (TPSA) is 63.2 Å². The molecule has 1 aromatic carbocycles. The van der Waals surface area contributed by atoms with Crippen molar-refractivity contribution in [1.29, 1.82) is 0 Å². The monoisotopic (exact) mass is 299 g/mol. The SMILES string of the molecule is CCCCOc1ccc(NC(=O)Nc2ccc(C)nc2)cc1. The lowest BCUT2D eigenvalue weighted by Gasteiger charge is -2.09. The molecule has 0 radical (unpaired) electrons. The average Bonchev–Trinajstić information content (AvgIpc) is 2.51. The number of hydrogen-bond donors (Lipinski definition) is 2. The van der Waals surface area contributed by atoms with Crippen LogP contribution < -0.4 is 15.4 Å². The molecule has 2 rings (SSSR count). The third kappa shape index (κ3) is 5.09. The zero-order chi connectivity index (χ0) is 15.8. The Labute approximate surface area is 130 Å². The van der Waals surface area contributed by atoms with Crippen molar-refractivity contribution in [3.63, 3.8) is 0 Å². The van der Waals surface area contributed by atoms with Crippen LogP contribution in [0.5, 0.6) is 5.75 Å². The van der Waals surface area contributed by atoms with Gasteiger partial charge in [0.25, 0.3) is 0 Å². The standard InChI is InChI=1S/C17H21N3O2/c1-3-4-11-22-16-9-7-14(8-10-16)19-17(21)20-15-6-5-13(2)18-12-15/h5-10,12H,3-4,11H2,1-2H3,(H2,19,20,21). The Kier molecular flexibility index (Phi) is 5.77. The Balaban J connectivity index is 1.84. The third-order valence-corrected chi connectivity index (χ3v) is 3.05. The quantitative estimate of drug-likeness (QED) is 0.785. The molecule has 0 saturated carbocycles. The number of ether oxygens (including phenoxy) is 1. The number of aromatic nitrogens is 1. The first kappa shape index (κ1) is 15.8. The van der Waals surface area contributed by atoms with Crippen LogP contribution in [0, 0.1) is 6.92 Å². The second kappa shape index (κ2) is 8.02. The van der Waals surface area contributed by atoms with Gasteiger partial charge in [-0.1, -0.05) is 13.3 Å². The maximum absolute atomic E-state index is 11.9. The smallest absolute Gasteiger partial charge is 0.323 e. The minimum absolute atomic E-state index is 0.301. The highest BCUT2D eigenvalue weighted by Gasteiger charge is 2.03. The Morgan fingerprint density at radius 1 is 1.09 bits per heavy atom. The zero-order valence-corrected chi connectivity index (χ0v) is 12.9. The Hall–Kier alpha value is -2.56. The van der Waals surface area contributed by atoms with E-state index in [4.69, 9.17) is 4.74 Å². The lowest BCUT2D eigenvalue weighted by molar-refractivity contribution is 0.262. The summed E-state index contributed by atoms with van der Waals surface area (Å²) in [4.78, 5) is 16.0. The number of hydrogen-bond acceptors (Lipinski definition) is 3. The first-order chi connectivity index (χ1) is 10.7. The van der Waals surface area contributed by atoms with Crippen molar-refractivity contribution in [2.24, 2.45) is 0 Å². The molecular weight excluding hydrogens is 278 g/mol. The minimum Gasteiger partial charge on any atom is -0.494 e. The maximum atomic E-state index is 11.9. The van der Waals surface area contributed by atoms with Crippen LogP contribution in [0.3, 0.4) is 0 Å². The summed E-state index contributed by atoms with van der Waals surface area (Å²) in [6.07, 6.45) is 3.76. The van der Waals surface area contributed by atoms with E-state index < -0.39 is 0 Å². The van der Waals surface area contributed by atoms with E-state index in [-0.39, 0.29) is 6.03 Å². The van der Waals surface area contributed by atoms with Crippen molar-refractivity contribution >= 4 is 17.4 Å². The van der Waals surface area contributed by atoms with Crippen molar-refractivity contribution in [3.05, 3.63) is 48.3 Å². The highest BCUT2D eigenvalue weighted by molar-refractivity contribution is 5.99. The van der Waals surface area contributed by atoms with E-state index >= 15 is 0 Å². The molecule has 2 N–H and O–H groups in total. The summed E-state index contributed by atoms with van der Waals surface area (Å²) in [5.41, 5.74) is 2.27. The molecule has 116 valence electrons. The predicted octanol–water partition coefficient (Wildman–Crippen LogP) is 4.21. The first-order valence-electron chi connectivity index (χ1n) is 7.41. The molecule has 2 aromatic rings. The number of amides is 2. The molecular formula is C17H21N3O2. The van der Waals surface area contributed by atoms with Crippen LogP contribution in [0.25, 0.3) is 0 Å². The Morgan fingerprint density at radius 3 is 2.41 bits per heavy atom. The molecule has 0 aliphatic heterocycles. The van der Waals surface area contributed by atoms with Gasteiger partial charge >= 0.3 is 6.03 Å². The van der Waals surface area contributed by atoms with Crippen LogP contribution in [0.4, 0.5) is 16.2 Å².